The molecule has 0 aromatic carbocycles. The smallest absolute Gasteiger partial charge is 0.389 e. The first-order valence-corrected chi connectivity index (χ1v) is 5.29. The molecule has 1 atom stereocenters. The van der Waals surface area contributed by atoms with Crippen molar-refractivity contribution in [3.8, 4) is 0 Å². The molecule has 1 aromatic heterocycles. The Morgan fingerprint density at radius 1 is 1.38 bits per heavy atom. The van der Waals surface area contributed by atoms with Gasteiger partial charge in [-0.25, -0.2) is 0 Å². The molecule has 1 unspecified atom stereocenters. The fraction of sp³-hybridized carbons (Fsp3) is 0.636. The van der Waals surface area contributed by atoms with Crippen molar-refractivity contribution in [2.24, 2.45) is 0 Å². The predicted octanol–water partition coefficient (Wildman–Crippen LogP) is 3.45. The molecule has 0 aliphatic carbocycles. The van der Waals surface area contributed by atoms with Crippen LogP contribution in [0.15, 0.2) is 16.5 Å². The van der Waals surface area contributed by atoms with E-state index in [1.807, 2.05) is 6.92 Å². The minimum atomic E-state index is -4.12. The van der Waals surface area contributed by atoms with Gasteiger partial charge in [0.1, 0.15) is 11.5 Å². The molecule has 16 heavy (non-hydrogen) atoms. The maximum Gasteiger partial charge on any atom is 0.389 e. The van der Waals surface area contributed by atoms with Gasteiger partial charge in [-0.05, 0) is 25.6 Å². The van der Waals surface area contributed by atoms with Crippen LogP contribution in [0.25, 0.3) is 0 Å². The molecule has 0 bridgehead atoms. The van der Waals surface area contributed by atoms with Gasteiger partial charge in [-0.1, -0.05) is 6.92 Å². The van der Waals surface area contributed by atoms with Crippen LogP contribution in [0.5, 0.6) is 0 Å². The van der Waals surface area contributed by atoms with E-state index in [4.69, 9.17) is 4.42 Å². The highest BCUT2D eigenvalue weighted by Gasteiger charge is 2.29. The summed E-state index contributed by atoms with van der Waals surface area (Å²) in [6.07, 6.45) is -4.18. The lowest BCUT2D eigenvalue weighted by molar-refractivity contribution is -0.136. The minimum absolute atomic E-state index is 0.00331. The average Bonchev–Trinajstić information content (AvgIpc) is 2.65. The summed E-state index contributed by atoms with van der Waals surface area (Å²) in [5.74, 6) is 1.37. The third-order valence-corrected chi connectivity index (χ3v) is 2.44. The zero-order chi connectivity index (χ0) is 12.2. The van der Waals surface area contributed by atoms with Gasteiger partial charge in [0.05, 0.1) is 6.04 Å². The molecule has 0 amide bonds. The molecule has 1 N–H and O–H groups in total. The van der Waals surface area contributed by atoms with Crippen molar-refractivity contribution in [2.75, 3.05) is 7.05 Å². The van der Waals surface area contributed by atoms with Crippen molar-refractivity contribution in [1.82, 2.24) is 5.32 Å². The SMILES string of the molecule is CCc1ccc(C(CCC(F)(F)F)NC)o1. The number of hydrogen-bond acceptors (Lipinski definition) is 2. The van der Waals surface area contributed by atoms with Crippen LogP contribution < -0.4 is 5.32 Å². The number of aryl methyl sites for hydroxylation is 1. The lowest BCUT2D eigenvalue weighted by Gasteiger charge is -2.14. The highest BCUT2D eigenvalue weighted by atomic mass is 19.4. The number of rotatable bonds is 5. The van der Waals surface area contributed by atoms with E-state index in [2.05, 4.69) is 5.32 Å². The number of halogens is 3. The molecule has 2 nitrogen and oxygen atoms in total. The lowest BCUT2D eigenvalue weighted by Crippen LogP contribution is -2.19. The normalized spacial score (nSPS) is 14.1. The summed E-state index contributed by atoms with van der Waals surface area (Å²) in [6.45, 7) is 1.94. The van der Waals surface area contributed by atoms with Gasteiger partial charge < -0.3 is 9.73 Å². The van der Waals surface area contributed by atoms with Crippen molar-refractivity contribution < 1.29 is 17.6 Å². The number of alkyl halides is 3. The molecule has 0 saturated heterocycles. The van der Waals surface area contributed by atoms with Gasteiger partial charge in [-0.3, -0.25) is 0 Å². The molecule has 0 saturated carbocycles. The second-order valence-electron chi connectivity index (χ2n) is 3.65. The Bertz CT molecular complexity index is 319. The van der Waals surface area contributed by atoms with Crippen LogP contribution in [-0.4, -0.2) is 13.2 Å². The molecule has 0 radical (unpaired) electrons. The largest absolute Gasteiger partial charge is 0.464 e. The van der Waals surface area contributed by atoms with Gasteiger partial charge in [-0.2, -0.15) is 13.2 Å². The molecule has 0 fully saturated rings. The topological polar surface area (TPSA) is 25.2 Å². The van der Waals surface area contributed by atoms with Crippen LogP contribution in [-0.2, 0) is 6.42 Å². The lowest BCUT2D eigenvalue weighted by atomic mass is 10.1. The third-order valence-electron chi connectivity index (χ3n) is 2.44. The average molecular weight is 235 g/mol. The summed E-state index contributed by atoms with van der Waals surface area (Å²) in [7, 11) is 1.63. The maximum atomic E-state index is 12.1. The van der Waals surface area contributed by atoms with Crippen LogP contribution in [0.4, 0.5) is 13.2 Å². The van der Waals surface area contributed by atoms with Gasteiger partial charge in [0.25, 0.3) is 0 Å². The molecule has 1 aromatic rings. The summed E-state index contributed by atoms with van der Waals surface area (Å²) >= 11 is 0. The van der Waals surface area contributed by atoms with Crippen molar-refractivity contribution in [3.63, 3.8) is 0 Å². The van der Waals surface area contributed by atoms with E-state index < -0.39 is 12.6 Å². The number of nitrogens with one attached hydrogen (secondary N) is 1. The van der Waals surface area contributed by atoms with E-state index in [1.54, 1.807) is 19.2 Å². The Kier molecular flexibility index (Phi) is 4.41. The van der Waals surface area contributed by atoms with E-state index in [1.165, 1.54) is 0 Å². The first-order chi connectivity index (χ1) is 7.46. The van der Waals surface area contributed by atoms with Crippen LogP contribution in [0.3, 0.4) is 0 Å². The summed E-state index contributed by atoms with van der Waals surface area (Å²) in [5.41, 5.74) is 0. The molecule has 1 heterocycles. The number of furan rings is 1. The number of hydrogen-bond donors (Lipinski definition) is 1. The first kappa shape index (κ1) is 13.1. The Morgan fingerprint density at radius 2 is 2.06 bits per heavy atom. The standard InChI is InChI=1S/C11H16F3NO/c1-3-8-4-5-10(16-8)9(15-2)6-7-11(12,13)14/h4-5,9,15H,3,6-7H2,1-2H3. The van der Waals surface area contributed by atoms with Crippen LogP contribution in [0.1, 0.15) is 37.3 Å². The van der Waals surface area contributed by atoms with Gasteiger partial charge in [0.2, 0.25) is 0 Å². The van der Waals surface area contributed by atoms with Crippen molar-refractivity contribution >= 4 is 0 Å². The van der Waals surface area contributed by atoms with Crippen LogP contribution in [0, 0.1) is 0 Å². The van der Waals surface area contributed by atoms with E-state index in [0.29, 0.717) is 5.76 Å². The van der Waals surface area contributed by atoms with Crippen molar-refractivity contribution in [3.05, 3.63) is 23.7 Å². The third kappa shape index (κ3) is 3.89. The first-order valence-electron chi connectivity index (χ1n) is 5.29. The summed E-state index contributed by atoms with van der Waals surface area (Å²) in [6, 6.07) is 3.16. The van der Waals surface area contributed by atoms with Crippen molar-refractivity contribution in [2.45, 2.75) is 38.4 Å². The van der Waals surface area contributed by atoms with Crippen molar-refractivity contribution in [1.29, 1.82) is 0 Å². The predicted molar refractivity (Wildman–Crippen MR) is 55.2 cm³/mol. The van der Waals surface area contributed by atoms with Gasteiger partial charge >= 0.3 is 6.18 Å². The van der Waals surface area contributed by atoms with Crippen LogP contribution >= 0.6 is 0 Å². The fourth-order valence-corrected chi connectivity index (χ4v) is 1.51. The van der Waals surface area contributed by atoms with E-state index in [9.17, 15) is 13.2 Å². The fourth-order valence-electron chi connectivity index (χ4n) is 1.51. The van der Waals surface area contributed by atoms with E-state index >= 15 is 0 Å². The molecule has 0 aliphatic heterocycles. The zero-order valence-corrected chi connectivity index (χ0v) is 9.40. The Morgan fingerprint density at radius 3 is 2.50 bits per heavy atom. The molecule has 0 spiro atoms. The molecular weight excluding hydrogens is 219 g/mol. The molecule has 1 rings (SSSR count). The second-order valence-corrected chi connectivity index (χ2v) is 3.65. The van der Waals surface area contributed by atoms with E-state index in [-0.39, 0.29) is 12.5 Å². The molecule has 92 valence electrons. The monoisotopic (exact) mass is 235 g/mol. The quantitative estimate of drug-likeness (QED) is 0.845. The van der Waals surface area contributed by atoms with E-state index in [0.717, 1.165) is 12.2 Å². The highest BCUT2D eigenvalue weighted by molar-refractivity contribution is 5.10. The Balaban J connectivity index is 2.60. The van der Waals surface area contributed by atoms with Gasteiger partial charge in [0, 0.05) is 12.8 Å². The second kappa shape index (κ2) is 5.39. The Hall–Kier alpha value is -0.970. The molecule has 5 heteroatoms. The van der Waals surface area contributed by atoms with Gasteiger partial charge in [0.15, 0.2) is 0 Å². The summed E-state index contributed by atoms with van der Waals surface area (Å²) < 4.78 is 41.7. The van der Waals surface area contributed by atoms with Gasteiger partial charge in [-0.15, -0.1) is 0 Å². The summed E-state index contributed by atoms with van der Waals surface area (Å²) in [4.78, 5) is 0. The maximum absolute atomic E-state index is 12.1. The highest BCUT2D eigenvalue weighted by Crippen LogP contribution is 2.28. The van der Waals surface area contributed by atoms with Crippen LogP contribution in [0.2, 0.25) is 0 Å². The Labute approximate surface area is 92.8 Å². The molecular formula is C11H16F3NO. The zero-order valence-electron chi connectivity index (χ0n) is 9.40. The minimum Gasteiger partial charge on any atom is -0.464 e. The molecule has 0 aliphatic rings. The summed E-state index contributed by atoms with van der Waals surface area (Å²) in [5, 5.41) is 2.83.